The average molecular weight is 445 g/mol. The van der Waals surface area contributed by atoms with E-state index in [9.17, 15) is 14.0 Å². The van der Waals surface area contributed by atoms with Crippen LogP contribution in [0.15, 0.2) is 78.5 Å². The van der Waals surface area contributed by atoms with Crippen LogP contribution in [0.4, 0.5) is 15.8 Å². The number of para-hydroxylation sites is 1. The van der Waals surface area contributed by atoms with Crippen molar-refractivity contribution < 1.29 is 18.7 Å². The van der Waals surface area contributed by atoms with Gasteiger partial charge < -0.3 is 10.1 Å². The summed E-state index contributed by atoms with van der Waals surface area (Å²) in [5.74, 6) is -0.822. The van der Waals surface area contributed by atoms with E-state index < -0.39 is 17.6 Å². The van der Waals surface area contributed by atoms with Gasteiger partial charge in [0.1, 0.15) is 17.3 Å². The van der Waals surface area contributed by atoms with Gasteiger partial charge in [-0.05, 0) is 60.4 Å². The summed E-state index contributed by atoms with van der Waals surface area (Å²) in [6.45, 7) is 6.59. The molecule has 33 heavy (non-hydrogen) atoms. The van der Waals surface area contributed by atoms with Gasteiger partial charge in [0, 0.05) is 5.69 Å². The van der Waals surface area contributed by atoms with E-state index in [-0.39, 0.29) is 17.0 Å². The first-order valence-corrected chi connectivity index (χ1v) is 10.9. The Balaban J connectivity index is 1.78. The number of benzene rings is 3. The second-order valence-electron chi connectivity index (χ2n) is 8.01. The molecule has 1 heterocycles. The van der Waals surface area contributed by atoms with E-state index in [0.29, 0.717) is 29.5 Å². The Morgan fingerprint density at radius 2 is 1.58 bits per heavy atom. The molecule has 0 radical (unpaired) electrons. The highest BCUT2D eigenvalue weighted by molar-refractivity contribution is 6.46. The summed E-state index contributed by atoms with van der Waals surface area (Å²) in [6, 6.07) is 20.3. The third-order valence-electron chi connectivity index (χ3n) is 5.48. The fourth-order valence-corrected chi connectivity index (χ4v) is 3.75. The number of imide groups is 1. The van der Waals surface area contributed by atoms with Gasteiger partial charge in [0.2, 0.25) is 0 Å². The highest BCUT2D eigenvalue weighted by atomic mass is 19.1. The van der Waals surface area contributed by atoms with Crippen LogP contribution < -0.4 is 15.0 Å². The second kappa shape index (κ2) is 9.28. The van der Waals surface area contributed by atoms with Crippen molar-refractivity contribution in [2.75, 3.05) is 16.8 Å². The standard InChI is InChI=1S/C27H25FN2O3/c1-4-33-21-15-11-19(12-16-21)24-25(29-20-13-9-18(10-14-20)17(2)3)27(32)30(26(24)31)23-8-6-5-7-22(23)28/h5-17,29H,4H2,1-3H3. The first kappa shape index (κ1) is 22.3. The zero-order valence-electron chi connectivity index (χ0n) is 18.8. The Morgan fingerprint density at radius 3 is 2.18 bits per heavy atom. The minimum Gasteiger partial charge on any atom is -0.494 e. The molecule has 3 aromatic rings. The summed E-state index contributed by atoms with van der Waals surface area (Å²) in [7, 11) is 0. The number of nitrogens with zero attached hydrogens (tertiary/aromatic N) is 1. The van der Waals surface area contributed by atoms with Crippen molar-refractivity contribution in [2.45, 2.75) is 26.7 Å². The van der Waals surface area contributed by atoms with Crippen LogP contribution in [-0.4, -0.2) is 18.4 Å². The van der Waals surface area contributed by atoms with E-state index >= 15 is 0 Å². The summed E-state index contributed by atoms with van der Waals surface area (Å²) >= 11 is 0. The molecule has 0 aliphatic carbocycles. The third kappa shape index (κ3) is 4.37. The minimum atomic E-state index is -0.646. The Bertz CT molecular complexity index is 1210. The largest absolute Gasteiger partial charge is 0.494 e. The Kier molecular flexibility index (Phi) is 6.27. The Morgan fingerprint density at radius 1 is 0.909 bits per heavy atom. The summed E-state index contributed by atoms with van der Waals surface area (Å²) in [5, 5.41) is 3.11. The fourth-order valence-electron chi connectivity index (χ4n) is 3.75. The second-order valence-corrected chi connectivity index (χ2v) is 8.01. The SMILES string of the molecule is CCOc1ccc(C2=C(Nc3ccc(C(C)C)cc3)C(=O)N(c3ccccc3F)C2=O)cc1. The molecule has 0 fully saturated rings. The topological polar surface area (TPSA) is 58.6 Å². The number of ether oxygens (including phenoxy) is 1. The third-order valence-corrected chi connectivity index (χ3v) is 5.48. The fraction of sp³-hybridized carbons (Fsp3) is 0.185. The molecule has 0 atom stereocenters. The van der Waals surface area contributed by atoms with Crippen molar-refractivity contribution in [1.82, 2.24) is 0 Å². The van der Waals surface area contributed by atoms with Crippen molar-refractivity contribution in [3.05, 3.63) is 95.4 Å². The molecule has 6 heteroatoms. The van der Waals surface area contributed by atoms with Gasteiger partial charge in [-0.2, -0.15) is 0 Å². The predicted octanol–water partition coefficient (Wildman–Crippen LogP) is 5.74. The van der Waals surface area contributed by atoms with Crippen LogP contribution in [0.5, 0.6) is 5.75 Å². The smallest absolute Gasteiger partial charge is 0.282 e. The van der Waals surface area contributed by atoms with Crippen LogP contribution >= 0.6 is 0 Å². The maximum absolute atomic E-state index is 14.5. The molecule has 3 aromatic carbocycles. The maximum Gasteiger partial charge on any atom is 0.282 e. The number of rotatable bonds is 7. The molecule has 0 spiro atoms. The van der Waals surface area contributed by atoms with Gasteiger partial charge in [-0.15, -0.1) is 0 Å². The van der Waals surface area contributed by atoms with Crippen LogP contribution in [-0.2, 0) is 9.59 Å². The molecule has 1 aliphatic rings. The zero-order chi connectivity index (χ0) is 23.5. The van der Waals surface area contributed by atoms with Gasteiger partial charge in [-0.3, -0.25) is 9.59 Å². The predicted molar refractivity (Wildman–Crippen MR) is 128 cm³/mol. The van der Waals surface area contributed by atoms with E-state index in [1.54, 1.807) is 30.3 Å². The highest BCUT2D eigenvalue weighted by Crippen LogP contribution is 2.35. The first-order valence-electron chi connectivity index (χ1n) is 10.9. The molecule has 4 rings (SSSR count). The average Bonchev–Trinajstić information content (AvgIpc) is 3.05. The number of amides is 2. The molecular weight excluding hydrogens is 419 g/mol. The summed E-state index contributed by atoms with van der Waals surface area (Å²) < 4.78 is 20.0. The molecule has 0 unspecified atom stereocenters. The van der Waals surface area contributed by atoms with Crippen molar-refractivity contribution in [3.63, 3.8) is 0 Å². The highest BCUT2D eigenvalue weighted by Gasteiger charge is 2.41. The number of halogens is 1. The molecule has 0 saturated carbocycles. The van der Waals surface area contributed by atoms with E-state index in [1.807, 2.05) is 31.2 Å². The molecule has 1 N–H and O–H groups in total. The quantitative estimate of drug-likeness (QED) is 0.472. The number of hydrogen-bond donors (Lipinski definition) is 1. The summed E-state index contributed by atoms with van der Waals surface area (Å²) in [6.07, 6.45) is 0. The van der Waals surface area contributed by atoms with E-state index in [1.165, 1.54) is 18.2 Å². The Hall–Kier alpha value is -3.93. The lowest BCUT2D eigenvalue weighted by Crippen LogP contribution is -2.33. The molecule has 1 aliphatic heterocycles. The van der Waals surface area contributed by atoms with Gasteiger partial charge in [-0.25, -0.2) is 9.29 Å². The van der Waals surface area contributed by atoms with Gasteiger partial charge in [0.05, 0.1) is 17.9 Å². The molecule has 0 aromatic heterocycles. The molecule has 0 saturated heterocycles. The van der Waals surface area contributed by atoms with E-state index in [4.69, 9.17) is 4.74 Å². The molecule has 2 amide bonds. The van der Waals surface area contributed by atoms with Gasteiger partial charge in [0.25, 0.3) is 11.8 Å². The first-order chi connectivity index (χ1) is 15.9. The van der Waals surface area contributed by atoms with Crippen molar-refractivity contribution in [2.24, 2.45) is 0 Å². The summed E-state index contributed by atoms with van der Waals surface area (Å²) in [5.41, 5.74) is 2.56. The zero-order valence-corrected chi connectivity index (χ0v) is 18.8. The number of nitrogens with one attached hydrogen (secondary N) is 1. The van der Waals surface area contributed by atoms with Crippen molar-refractivity contribution >= 4 is 28.8 Å². The number of hydrogen-bond acceptors (Lipinski definition) is 4. The van der Waals surface area contributed by atoms with Gasteiger partial charge >= 0.3 is 0 Å². The molecule has 0 bridgehead atoms. The van der Waals surface area contributed by atoms with Crippen LogP contribution in [0.2, 0.25) is 0 Å². The van der Waals surface area contributed by atoms with Crippen molar-refractivity contribution in [3.8, 4) is 5.75 Å². The van der Waals surface area contributed by atoms with Crippen molar-refractivity contribution in [1.29, 1.82) is 0 Å². The lowest BCUT2D eigenvalue weighted by atomic mass is 10.0. The molecule has 5 nitrogen and oxygen atoms in total. The van der Waals surface area contributed by atoms with Gasteiger partial charge in [0.15, 0.2) is 0 Å². The van der Waals surface area contributed by atoms with Crippen LogP contribution in [0.1, 0.15) is 37.8 Å². The van der Waals surface area contributed by atoms with Crippen LogP contribution in [0, 0.1) is 5.82 Å². The van der Waals surface area contributed by atoms with E-state index in [2.05, 4.69) is 19.2 Å². The molecule has 168 valence electrons. The molecular formula is C27H25FN2O3. The number of anilines is 2. The van der Waals surface area contributed by atoms with E-state index in [0.717, 1.165) is 10.5 Å². The van der Waals surface area contributed by atoms with Crippen LogP contribution in [0.3, 0.4) is 0 Å². The minimum absolute atomic E-state index is 0.0807. The maximum atomic E-state index is 14.5. The lowest BCUT2D eigenvalue weighted by Gasteiger charge is -2.16. The number of carbonyl (C=O) groups excluding carboxylic acids is 2. The Labute approximate surface area is 192 Å². The summed E-state index contributed by atoms with van der Waals surface area (Å²) in [4.78, 5) is 27.7. The van der Waals surface area contributed by atoms with Crippen LogP contribution in [0.25, 0.3) is 5.57 Å². The lowest BCUT2D eigenvalue weighted by molar-refractivity contribution is -0.120. The monoisotopic (exact) mass is 444 g/mol. The number of carbonyl (C=O) groups is 2. The normalized spacial score (nSPS) is 13.8. The van der Waals surface area contributed by atoms with Gasteiger partial charge in [-0.1, -0.05) is 50.2 Å².